The smallest absolute Gasteiger partial charge is 0.415 e. The number of methoxy groups -OCH3 is 1. The minimum atomic E-state index is -1.18. The zero-order chi connectivity index (χ0) is 36.5. The predicted molar refractivity (Wildman–Crippen MR) is 195 cm³/mol. The first-order valence-electron chi connectivity index (χ1n) is 17.3. The Kier molecular flexibility index (Phi) is 10.8. The van der Waals surface area contributed by atoms with Crippen molar-refractivity contribution in [2.75, 3.05) is 38.3 Å². The highest BCUT2D eigenvalue weighted by molar-refractivity contribution is 7.14. The van der Waals surface area contributed by atoms with E-state index in [1.165, 1.54) is 35.5 Å². The van der Waals surface area contributed by atoms with E-state index < -0.39 is 23.8 Å². The highest BCUT2D eigenvalue weighted by Crippen LogP contribution is 2.42. The molecule has 4 aliphatic rings. The molecule has 3 aliphatic heterocycles. The van der Waals surface area contributed by atoms with Crippen molar-refractivity contribution in [2.24, 2.45) is 11.8 Å². The number of fused-ring (bicyclic) bond motifs is 3. The van der Waals surface area contributed by atoms with E-state index in [0.29, 0.717) is 56.9 Å². The maximum atomic E-state index is 15.3. The minimum absolute atomic E-state index is 0.0255. The standard InChI is InChI=1S/C38H38Cl2FN3O7S/c1-49-33-9-8-24(14-34(33)50-21-22-6-7-22)26(16-28-29(39)18-43(48)19-30(28)40)27-15-25(52-36(27)37(45)46)17-44(32-5-3-2-4-31(32)41)38(47)51-35-20-42-12-10-23(35)11-13-42/h2-5,8-9,14-15,18-19,22-23,26,35H,6-7,10-13,16-17,20-21H2,1H3,(H,45,46)/t26?,35-/m0/s1. The van der Waals surface area contributed by atoms with Crippen LogP contribution < -0.4 is 19.1 Å². The van der Waals surface area contributed by atoms with Crippen molar-refractivity contribution >= 4 is 52.3 Å². The Hall–Kier alpha value is -4.10. The number of amides is 1. The Morgan fingerprint density at radius 2 is 1.81 bits per heavy atom. The van der Waals surface area contributed by atoms with Gasteiger partial charge in [0, 0.05) is 22.9 Å². The van der Waals surface area contributed by atoms with Crippen molar-refractivity contribution in [1.29, 1.82) is 0 Å². The van der Waals surface area contributed by atoms with Gasteiger partial charge in [0.15, 0.2) is 23.9 Å². The number of nitrogens with zero attached hydrogens (tertiary/aromatic N) is 3. The number of para-hydroxylation sites is 1. The summed E-state index contributed by atoms with van der Waals surface area (Å²) in [6.45, 7) is 2.94. The summed E-state index contributed by atoms with van der Waals surface area (Å²) in [6.07, 6.45) is 5.54. The molecular weight excluding hydrogens is 732 g/mol. The van der Waals surface area contributed by atoms with Gasteiger partial charge in [-0.05, 0) is 98.5 Å². The molecule has 10 nitrogen and oxygen atoms in total. The molecule has 2 atom stereocenters. The lowest BCUT2D eigenvalue weighted by atomic mass is 9.85. The van der Waals surface area contributed by atoms with Gasteiger partial charge in [-0.3, -0.25) is 9.80 Å². The summed E-state index contributed by atoms with van der Waals surface area (Å²) in [7, 11) is 1.55. The summed E-state index contributed by atoms with van der Waals surface area (Å²) in [4.78, 5) is 30.9. The van der Waals surface area contributed by atoms with Gasteiger partial charge in [-0.2, -0.15) is 4.73 Å². The Labute approximate surface area is 314 Å². The van der Waals surface area contributed by atoms with Crippen LogP contribution in [0.3, 0.4) is 0 Å². The fraction of sp³-hybridized carbons (Fsp3) is 0.395. The monoisotopic (exact) mass is 769 g/mol. The second kappa shape index (κ2) is 15.5. The average molecular weight is 771 g/mol. The van der Waals surface area contributed by atoms with Crippen LogP contribution in [0.1, 0.15) is 62.8 Å². The molecule has 52 heavy (non-hydrogen) atoms. The fourth-order valence-electron chi connectivity index (χ4n) is 7.13. The largest absolute Gasteiger partial charge is 0.619 e. The van der Waals surface area contributed by atoms with Gasteiger partial charge in [0.05, 0.1) is 25.9 Å². The lowest BCUT2D eigenvalue weighted by molar-refractivity contribution is -0.605. The predicted octanol–water partition coefficient (Wildman–Crippen LogP) is 7.94. The van der Waals surface area contributed by atoms with Crippen LogP contribution >= 0.6 is 34.5 Å². The number of thiophene rings is 1. The lowest BCUT2D eigenvalue weighted by Crippen LogP contribution is -2.53. The molecule has 0 spiro atoms. The number of carboxylic acid groups (broad SMARTS) is 1. The number of benzene rings is 2. The van der Waals surface area contributed by atoms with E-state index in [-0.39, 0.29) is 45.6 Å². The second-order valence-corrected chi connectivity index (χ2v) is 15.6. The first kappa shape index (κ1) is 36.3. The highest BCUT2D eigenvalue weighted by Gasteiger charge is 2.38. The van der Waals surface area contributed by atoms with Gasteiger partial charge in [0.1, 0.15) is 26.8 Å². The van der Waals surface area contributed by atoms with E-state index in [9.17, 15) is 19.9 Å². The number of hydrogen-bond acceptors (Lipinski definition) is 8. The van der Waals surface area contributed by atoms with Crippen LogP contribution in [0.4, 0.5) is 14.9 Å². The van der Waals surface area contributed by atoms with Crippen LogP contribution in [-0.4, -0.2) is 61.5 Å². The quantitative estimate of drug-likeness (QED) is 0.108. The molecule has 1 saturated carbocycles. The number of rotatable bonds is 13. The summed E-state index contributed by atoms with van der Waals surface area (Å²) in [5, 5.41) is 22.9. The van der Waals surface area contributed by atoms with Crippen LogP contribution in [-0.2, 0) is 17.7 Å². The van der Waals surface area contributed by atoms with Crippen molar-refractivity contribution in [1.82, 2.24) is 4.90 Å². The number of aromatic carboxylic acids is 1. The summed E-state index contributed by atoms with van der Waals surface area (Å²) in [5.41, 5.74) is 1.60. The van der Waals surface area contributed by atoms with Gasteiger partial charge < -0.3 is 24.5 Å². The van der Waals surface area contributed by atoms with E-state index in [1.807, 2.05) is 12.1 Å². The molecule has 0 radical (unpaired) electrons. The number of pyridine rings is 1. The summed E-state index contributed by atoms with van der Waals surface area (Å²) in [6, 6.07) is 13.1. The van der Waals surface area contributed by atoms with Crippen molar-refractivity contribution in [3.63, 3.8) is 0 Å². The molecule has 5 heterocycles. The van der Waals surface area contributed by atoms with Crippen molar-refractivity contribution in [2.45, 2.75) is 50.7 Å². The van der Waals surface area contributed by atoms with E-state index in [0.717, 1.165) is 50.1 Å². The number of ether oxygens (including phenoxy) is 3. The molecule has 1 unspecified atom stereocenters. The lowest BCUT2D eigenvalue weighted by Gasteiger charge is -2.44. The maximum Gasteiger partial charge on any atom is 0.415 e. The number of piperidine rings is 3. The third-order valence-electron chi connectivity index (χ3n) is 10.1. The molecule has 14 heteroatoms. The normalized spacial score (nSPS) is 20.0. The van der Waals surface area contributed by atoms with E-state index in [2.05, 4.69) is 4.90 Å². The molecule has 8 rings (SSSR count). The third-order valence-corrected chi connectivity index (χ3v) is 11.9. The highest BCUT2D eigenvalue weighted by atomic mass is 35.5. The zero-order valence-electron chi connectivity index (χ0n) is 28.4. The number of hydrogen-bond donors (Lipinski definition) is 1. The van der Waals surface area contributed by atoms with Gasteiger partial charge in [-0.25, -0.2) is 14.0 Å². The van der Waals surface area contributed by atoms with Gasteiger partial charge >= 0.3 is 12.1 Å². The molecule has 2 aromatic carbocycles. The Bertz CT molecular complexity index is 1940. The van der Waals surface area contributed by atoms with Crippen LogP contribution in [0.15, 0.2) is 60.9 Å². The Morgan fingerprint density at radius 1 is 1.08 bits per heavy atom. The molecule has 3 saturated heterocycles. The van der Waals surface area contributed by atoms with Crippen molar-refractivity contribution < 1.29 is 38.0 Å². The van der Waals surface area contributed by atoms with Crippen LogP contribution in [0.25, 0.3) is 0 Å². The second-order valence-electron chi connectivity index (χ2n) is 13.6. The fourth-order valence-corrected chi connectivity index (χ4v) is 8.77. The molecule has 2 aromatic heterocycles. The van der Waals surface area contributed by atoms with Crippen molar-refractivity contribution in [3.8, 4) is 11.5 Å². The summed E-state index contributed by atoms with van der Waals surface area (Å²) < 4.78 is 33.6. The average Bonchev–Trinajstić information content (AvgIpc) is 3.87. The van der Waals surface area contributed by atoms with Gasteiger partial charge in [0.25, 0.3) is 0 Å². The molecular formula is C38H38Cl2FN3O7S. The molecule has 1 aliphatic carbocycles. The summed E-state index contributed by atoms with van der Waals surface area (Å²) >= 11 is 14.1. The topological polar surface area (TPSA) is 115 Å². The molecule has 1 amide bonds. The number of halogens is 3. The third kappa shape index (κ3) is 7.95. The van der Waals surface area contributed by atoms with Crippen LogP contribution in [0.2, 0.25) is 10.0 Å². The molecule has 2 bridgehead atoms. The SMILES string of the molecule is COc1ccc(C(Cc2c(Cl)c[n+]([O-])cc2Cl)c2cc(CN(C(=O)O[C@H]3CN4CCC3CC4)c3ccccc3F)sc2C(=O)O)cc1OCC1CC1. The maximum absolute atomic E-state index is 15.3. The Morgan fingerprint density at radius 3 is 2.44 bits per heavy atom. The van der Waals surface area contributed by atoms with E-state index in [1.54, 1.807) is 25.3 Å². The zero-order valence-corrected chi connectivity index (χ0v) is 30.8. The van der Waals surface area contributed by atoms with Crippen LogP contribution in [0, 0.1) is 22.9 Å². The van der Waals surface area contributed by atoms with Gasteiger partial charge in [-0.1, -0.05) is 41.4 Å². The molecule has 4 fully saturated rings. The van der Waals surface area contributed by atoms with Gasteiger partial charge in [0.2, 0.25) is 0 Å². The number of carboxylic acids is 1. The number of carbonyl (C=O) groups excluding carboxylic acids is 1. The number of carbonyl (C=O) groups is 2. The molecule has 1 N–H and O–H groups in total. The number of anilines is 1. The van der Waals surface area contributed by atoms with E-state index in [4.69, 9.17) is 37.4 Å². The van der Waals surface area contributed by atoms with Gasteiger partial charge in [-0.15, -0.1) is 11.3 Å². The molecule has 4 aromatic rings. The van der Waals surface area contributed by atoms with Crippen molar-refractivity contribution in [3.05, 3.63) is 108 Å². The Balaban J connectivity index is 1.27. The van der Waals surface area contributed by atoms with Crippen LogP contribution in [0.5, 0.6) is 11.5 Å². The number of aromatic nitrogens is 1. The minimum Gasteiger partial charge on any atom is -0.619 e. The first-order chi connectivity index (χ1) is 25.1. The summed E-state index contributed by atoms with van der Waals surface area (Å²) in [5.74, 6) is -0.695. The first-order valence-corrected chi connectivity index (χ1v) is 18.8. The molecule has 274 valence electrons. The van der Waals surface area contributed by atoms with E-state index >= 15 is 4.39 Å².